The monoisotopic (exact) mass is 360 g/mol. The number of benzene rings is 1. The number of amides is 2. The third-order valence-electron chi connectivity index (χ3n) is 5.08. The topological polar surface area (TPSA) is 68.3 Å². The first-order valence-electron chi connectivity index (χ1n) is 9.32. The summed E-state index contributed by atoms with van der Waals surface area (Å²) in [5, 5.41) is 0. The number of hydrogen-bond acceptors (Lipinski definition) is 5. The Balaban J connectivity index is 1.37. The van der Waals surface area contributed by atoms with Crippen LogP contribution in [0.1, 0.15) is 29.6 Å². The quantitative estimate of drug-likeness (QED) is 0.796. The maximum Gasteiger partial charge on any atom is 0.254 e. The van der Waals surface area contributed by atoms with Crippen molar-refractivity contribution in [3.05, 3.63) is 23.8 Å². The van der Waals surface area contributed by atoms with Crippen molar-refractivity contribution in [2.24, 2.45) is 0 Å². The minimum absolute atomic E-state index is 0.0372. The SMILES string of the molecule is O=C(c1ccc2c(c1)OCCCO2)N1CCN(C(=O)C2CCCO2)CC1. The zero-order chi connectivity index (χ0) is 17.9. The molecule has 0 spiro atoms. The predicted molar refractivity (Wildman–Crippen MR) is 93.5 cm³/mol. The molecule has 3 aliphatic rings. The summed E-state index contributed by atoms with van der Waals surface area (Å²) < 4.78 is 16.8. The molecule has 0 aliphatic carbocycles. The van der Waals surface area contributed by atoms with Crippen LogP contribution in [-0.2, 0) is 9.53 Å². The van der Waals surface area contributed by atoms with Crippen molar-refractivity contribution in [1.29, 1.82) is 0 Å². The Hall–Kier alpha value is -2.28. The number of carbonyl (C=O) groups excluding carboxylic acids is 2. The van der Waals surface area contributed by atoms with E-state index in [1.165, 1.54) is 0 Å². The van der Waals surface area contributed by atoms with E-state index in [1.807, 2.05) is 4.90 Å². The van der Waals surface area contributed by atoms with Crippen molar-refractivity contribution < 1.29 is 23.8 Å². The zero-order valence-electron chi connectivity index (χ0n) is 14.8. The van der Waals surface area contributed by atoms with Crippen LogP contribution in [0.4, 0.5) is 0 Å². The third kappa shape index (κ3) is 3.49. The fraction of sp³-hybridized carbons (Fsp3) is 0.579. The first-order chi connectivity index (χ1) is 12.7. The lowest BCUT2D eigenvalue weighted by Gasteiger charge is -2.35. The van der Waals surface area contributed by atoms with Gasteiger partial charge in [0.05, 0.1) is 13.2 Å². The standard InChI is InChI=1S/C19H24N2O5/c22-18(14-4-5-15-17(13-14)26-12-2-11-24-15)20-6-8-21(9-7-20)19(23)16-3-1-10-25-16/h4-5,13,16H,1-3,6-12H2. The normalized spacial score (nSPS) is 22.8. The average molecular weight is 360 g/mol. The van der Waals surface area contributed by atoms with Crippen LogP contribution in [0.5, 0.6) is 11.5 Å². The van der Waals surface area contributed by atoms with Gasteiger partial charge in [0, 0.05) is 44.8 Å². The van der Waals surface area contributed by atoms with Gasteiger partial charge in [0.2, 0.25) is 0 Å². The average Bonchev–Trinajstić information content (AvgIpc) is 3.12. The smallest absolute Gasteiger partial charge is 0.254 e. The molecule has 0 radical (unpaired) electrons. The molecule has 2 saturated heterocycles. The fourth-order valence-corrected chi connectivity index (χ4v) is 3.58. The first kappa shape index (κ1) is 17.1. The van der Waals surface area contributed by atoms with Gasteiger partial charge in [-0.25, -0.2) is 0 Å². The van der Waals surface area contributed by atoms with Crippen molar-refractivity contribution >= 4 is 11.8 Å². The van der Waals surface area contributed by atoms with Crippen molar-refractivity contribution in [3.63, 3.8) is 0 Å². The molecule has 140 valence electrons. The Morgan fingerprint density at radius 1 is 0.885 bits per heavy atom. The fourth-order valence-electron chi connectivity index (χ4n) is 3.58. The van der Waals surface area contributed by atoms with Gasteiger partial charge in [-0.05, 0) is 31.0 Å². The van der Waals surface area contributed by atoms with Crippen LogP contribution >= 0.6 is 0 Å². The van der Waals surface area contributed by atoms with Crippen molar-refractivity contribution in [1.82, 2.24) is 9.80 Å². The van der Waals surface area contributed by atoms with Gasteiger partial charge in [0.15, 0.2) is 11.5 Å². The Morgan fingerprint density at radius 2 is 1.62 bits per heavy atom. The third-order valence-corrected chi connectivity index (χ3v) is 5.08. The van der Waals surface area contributed by atoms with Gasteiger partial charge < -0.3 is 24.0 Å². The Labute approximate surface area is 152 Å². The largest absolute Gasteiger partial charge is 0.490 e. The summed E-state index contributed by atoms with van der Waals surface area (Å²) in [6.45, 7) is 4.05. The van der Waals surface area contributed by atoms with Crippen molar-refractivity contribution in [2.45, 2.75) is 25.4 Å². The Bertz CT molecular complexity index is 679. The van der Waals surface area contributed by atoms with E-state index in [9.17, 15) is 9.59 Å². The number of carbonyl (C=O) groups is 2. The second kappa shape index (κ2) is 7.53. The summed E-state index contributed by atoms with van der Waals surface area (Å²) in [5.41, 5.74) is 0.591. The molecule has 7 heteroatoms. The second-order valence-corrected chi connectivity index (χ2v) is 6.83. The van der Waals surface area contributed by atoms with E-state index in [-0.39, 0.29) is 17.9 Å². The molecular formula is C19H24N2O5. The van der Waals surface area contributed by atoms with E-state index < -0.39 is 0 Å². The van der Waals surface area contributed by atoms with Crippen LogP contribution in [0.2, 0.25) is 0 Å². The summed E-state index contributed by atoms with van der Waals surface area (Å²) in [6.07, 6.45) is 2.28. The summed E-state index contributed by atoms with van der Waals surface area (Å²) in [6, 6.07) is 5.33. The highest BCUT2D eigenvalue weighted by atomic mass is 16.5. The van der Waals surface area contributed by atoms with Crippen LogP contribution in [0.25, 0.3) is 0 Å². The van der Waals surface area contributed by atoms with E-state index >= 15 is 0 Å². The minimum atomic E-state index is -0.293. The summed E-state index contributed by atoms with van der Waals surface area (Å²) >= 11 is 0. The van der Waals surface area contributed by atoms with Crippen molar-refractivity contribution in [3.8, 4) is 11.5 Å². The van der Waals surface area contributed by atoms with E-state index in [0.29, 0.717) is 63.1 Å². The highest BCUT2D eigenvalue weighted by Gasteiger charge is 2.31. The molecule has 3 heterocycles. The van der Waals surface area contributed by atoms with E-state index in [2.05, 4.69) is 0 Å². The molecule has 1 aromatic carbocycles. The van der Waals surface area contributed by atoms with Gasteiger partial charge in [0.1, 0.15) is 6.10 Å². The highest BCUT2D eigenvalue weighted by Crippen LogP contribution is 2.31. The lowest BCUT2D eigenvalue weighted by atomic mass is 10.1. The van der Waals surface area contributed by atoms with Crippen LogP contribution in [0, 0.1) is 0 Å². The molecular weight excluding hydrogens is 336 g/mol. The molecule has 1 unspecified atom stereocenters. The summed E-state index contributed by atoms with van der Waals surface area (Å²) in [7, 11) is 0. The molecule has 26 heavy (non-hydrogen) atoms. The van der Waals surface area contributed by atoms with Gasteiger partial charge in [-0.2, -0.15) is 0 Å². The maximum absolute atomic E-state index is 12.8. The van der Waals surface area contributed by atoms with Gasteiger partial charge >= 0.3 is 0 Å². The molecule has 2 fully saturated rings. The minimum Gasteiger partial charge on any atom is -0.490 e. The summed E-state index contributed by atoms with van der Waals surface area (Å²) in [4.78, 5) is 28.8. The van der Waals surface area contributed by atoms with Gasteiger partial charge in [-0.15, -0.1) is 0 Å². The maximum atomic E-state index is 12.8. The van der Waals surface area contributed by atoms with Gasteiger partial charge in [0.25, 0.3) is 11.8 Å². The molecule has 1 aromatic rings. The molecule has 4 rings (SSSR count). The molecule has 3 aliphatic heterocycles. The second-order valence-electron chi connectivity index (χ2n) is 6.83. The Morgan fingerprint density at radius 3 is 2.35 bits per heavy atom. The van der Waals surface area contributed by atoms with Gasteiger partial charge in [-0.1, -0.05) is 0 Å². The van der Waals surface area contributed by atoms with E-state index in [1.54, 1.807) is 23.1 Å². The van der Waals surface area contributed by atoms with Gasteiger partial charge in [-0.3, -0.25) is 9.59 Å². The number of fused-ring (bicyclic) bond motifs is 1. The van der Waals surface area contributed by atoms with Crippen LogP contribution in [0.15, 0.2) is 18.2 Å². The number of ether oxygens (including phenoxy) is 3. The van der Waals surface area contributed by atoms with Crippen LogP contribution in [-0.4, -0.2) is 73.7 Å². The van der Waals surface area contributed by atoms with E-state index in [4.69, 9.17) is 14.2 Å². The molecule has 0 saturated carbocycles. The molecule has 0 aromatic heterocycles. The lowest BCUT2D eigenvalue weighted by molar-refractivity contribution is -0.142. The molecule has 0 N–H and O–H groups in total. The van der Waals surface area contributed by atoms with E-state index in [0.717, 1.165) is 19.3 Å². The Kier molecular flexibility index (Phi) is 4.97. The predicted octanol–water partition coefficient (Wildman–Crippen LogP) is 1.31. The number of nitrogens with zero attached hydrogens (tertiary/aromatic N) is 2. The zero-order valence-corrected chi connectivity index (χ0v) is 14.8. The highest BCUT2D eigenvalue weighted by molar-refractivity contribution is 5.95. The van der Waals surface area contributed by atoms with Crippen molar-refractivity contribution in [2.75, 3.05) is 46.0 Å². The number of hydrogen-bond donors (Lipinski definition) is 0. The van der Waals surface area contributed by atoms with Crippen LogP contribution in [0.3, 0.4) is 0 Å². The lowest BCUT2D eigenvalue weighted by Crippen LogP contribution is -2.52. The number of piperazine rings is 1. The molecule has 0 bridgehead atoms. The summed E-state index contributed by atoms with van der Waals surface area (Å²) in [5.74, 6) is 1.33. The molecule has 1 atom stereocenters. The molecule has 2 amide bonds. The molecule has 7 nitrogen and oxygen atoms in total. The number of rotatable bonds is 2. The first-order valence-corrected chi connectivity index (χ1v) is 9.32. The van der Waals surface area contributed by atoms with Crippen LogP contribution < -0.4 is 9.47 Å².